The van der Waals surface area contributed by atoms with E-state index < -0.39 is 23.4 Å². The third kappa shape index (κ3) is 3.67. The summed E-state index contributed by atoms with van der Waals surface area (Å²) in [6, 6.07) is 3.05. The van der Waals surface area contributed by atoms with Crippen LogP contribution >= 0.6 is 0 Å². The van der Waals surface area contributed by atoms with Crippen LogP contribution in [0.5, 0.6) is 0 Å². The van der Waals surface area contributed by atoms with Gasteiger partial charge < -0.3 is 14.8 Å². The molecule has 1 aromatic carbocycles. The van der Waals surface area contributed by atoms with Gasteiger partial charge in [-0.2, -0.15) is 0 Å². The maximum atomic E-state index is 13.6. The molecule has 5 nitrogen and oxygen atoms in total. The van der Waals surface area contributed by atoms with Gasteiger partial charge in [-0.3, -0.25) is 0 Å². The number of aromatic nitrogens is 2. The summed E-state index contributed by atoms with van der Waals surface area (Å²) in [5, 5.41) is 2.33. The Labute approximate surface area is 132 Å². The maximum absolute atomic E-state index is 13.6. The highest BCUT2D eigenvalue weighted by molar-refractivity contribution is 5.89. The number of piperidine rings is 1. The summed E-state index contributed by atoms with van der Waals surface area (Å²) >= 11 is 0. The molecule has 23 heavy (non-hydrogen) atoms. The largest absolute Gasteiger partial charge is 0.337 e. The molecule has 7 heteroatoms. The van der Waals surface area contributed by atoms with E-state index in [0.29, 0.717) is 19.0 Å². The van der Waals surface area contributed by atoms with E-state index in [1.165, 1.54) is 6.07 Å². The average Bonchev–Trinajstić information content (AvgIpc) is 3.04. The minimum atomic E-state index is -0.770. The number of para-hydroxylation sites is 1. The van der Waals surface area contributed by atoms with Gasteiger partial charge in [0.1, 0.15) is 17.3 Å². The molecule has 0 aliphatic carbocycles. The molecule has 2 amide bonds. The van der Waals surface area contributed by atoms with Crippen LogP contribution in [-0.4, -0.2) is 33.6 Å². The summed E-state index contributed by atoms with van der Waals surface area (Å²) in [4.78, 5) is 17.8. The third-order valence-corrected chi connectivity index (χ3v) is 4.12. The van der Waals surface area contributed by atoms with Crippen LogP contribution in [0.4, 0.5) is 19.3 Å². The van der Waals surface area contributed by atoms with Gasteiger partial charge in [0.25, 0.3) is 0 Å². The third-order valence-electron chi connectivity index (χ3n) is 4.12. The summed E-state index contributed by atoms with van der Waals surface area (Å²) < 4.78 is 29.2. The van der Waals surface area contributed by atoms with Crippen LogP contribution in [0.25, 0.3) is 0 Å². The highest BCUT2D eigenvalue weighted by Gasteiger charge is 2.24. The molecule has 1 aliphatic heterocycles. The molecule has 2 aromatic rings. The monoisotopic (exact) mass is 320 g/mol. The van der Waals surface area contributed by atoms with Crippen molar-refractivity contribution in [1.82, 2.24) is 14.5 Å². The highest BCUT2D eigenvalue weighted by Crippen LogP contribution is 2.22. The zero-order valence-electron chi connectivity index (χ0n) is 12.6. The lowest BCUT2D eigenvalue weighted by Gasteiger charge is -2.32. The fourth-order valence-corrected chi connectivity index (χ4v) is 2.81. The van der Waals surface area contributed by atoms with Crippen molar-refractivity contribution in [3.8, 4) is 0 Å². The molecule has 0 radical (unpaired) electrons. The Balaban J connectivity index is 1.54. The van der Waals surface area contributed by atoms with E-state index in [9.17, 15) is 13.6 Å². The number of urea groups is 1. The Kier molecular flexibility index (Phi) is 4.55. The van der Waals surface area contributed by atoms with Gasteiger partial charge in [0, 0.05) is 32.0 Å². The zero-order chi connectivity index (χ0) is 16.2. The van der Waals surface area contributed by atoms with E-state index in [-0.39, 0.29) is 0 Å². The number of likely N-dealkylation sites (tertiary alicyclic amines) is 1. The van der Waals surface area contributed by atoms with Crippen molar-refractivity contribution in [1.29, 1.82) is 0 Å². The Hall–Kier alpha value is -2.44. The van der Waals surface area contributed by atoms with E-state index in [0.717, 1.165) is 31.5 Å². The minimum absolute atomic E-state index is 0.391. The second-order valence-electron chi connectivity index (χ2n) is 5.72. The molecule has 0 spiro atoms. The molecule has 3 rings (SSSR count). The number of amides is 2. The first-order chi connectivity index (χ1) is 11.1. The first-order valence-electron chi connectivity index (χ1n) is 7.59. The van der Waals surface area contributed by atoms with Crippen molar-refractivity contribution in [2.24, 2.45) is 5.92 Å². The molecule has 0 saturated carbocycles. The number of anilines is 1. The SMILES string of the molecule is O=C(Nc1c(F)cccc1F)N1CCC(Cn2ccnc2)CC1. The number of rotatable bonds is 3. The molecular formula is C16H18F2N4O. The molecule has 1 aliphatic rings. The standard InChI is InChI=1S/C16H18F2N4O/c17-13-2-1-3-14(18)15(13)20-16(23)22-7-4-12(5-8-22)10-21-9-6-19-11-21/h1-3,6,9,11-12H,4-5,7-8,10H2,(H,20,23). The Morgan fingerprint density at radius 2 is 1.96 bits per heavy atom. The van der Waals surface area contributed by atoms with Crippen molar-refractivity contribution < 1.29 is 13.6 Å². The molecule has 1 fully saturated rings. The van der Waals surface area contributed by atoms with E-state index in [1.807, 2.05) is 10.8 Å². The van der Waals surface area contributed by atoms with E-state index in [4.69, 9.17) is 0 Å². The van der Waals surface area contributed by atoms with Crippen molar-refractivity contribution in [2.75, 3.05) is 18.4 Å². The van der Waals surface area contributed by atoms with Crippen LogP contribution in [0.15, 0.2) is 36.9 Å². The number of nitrogens with one attached hydrogen (secondary N) is 1. The summed E-state index contributed by atoms with van der Waals surface area (Å²) in [5.74, 6) is -1.07. The number of benzene rings is 1. The quantitative estimate of drug-likeness (QED) is 0.945. The summed E-state index contributed by atoms with van der Waals surface area (Å²) in [7, 11) is 0. The van der Waals surface area contributed by atoms with Crippen molar-refractivity contribution in [2.45, 2.75) is 19.4 Å². The second kappa shape index (κ2) is 6.76. The van der Waals surface area contributed by atoms with Gasteiger partial charge in [-0.15, -0.1) is 0 Å². The van der Waals surface area contributed by atoms with E-state index >= 15 is 0 Å². The molecule has 2 heterocycles. The van der Waals surface area contributed by atoms with Gasteiger partial charge in [-0.1, -0.05) is 6.07 Å². The smallest absolute Gasteiger partial charge is 0.322 e. The van der Waals surface area contributed by atoms with E-state index in [1.54, 1.807) is 17.4 Å². The van der Waals surface area contributed by atoms with Crippen LogP contribution in [0.1, 0.15) is 12.8 Å². The number of imidazole rings is 1. The van der Waals surface area contributed by atoms with Crippen LogP contribution in [0.2, 0.25) is 0 Å². The number of hydrogen-bond donors (Lipinski definition) is 1. The normalized spacial score (nSPS) is 15.7. The Morgan fingerprint density at radius 1 is 1.26 bits per heavy atom. The molecule has 0 atom stereocenters. The van der Waals surface area contributed by atoms with Crippen LogP contribution in [-0.2, 0) is 6.54 Å². The zero-order valence-corrected chi connectivity index (χ0v) is 12.6. The van der Waals surface area contributed by atoms with Gasteiger partial charge in [0.05, 0.1) is 6.33 Å². The topological polar surface area (TPSA) is 50.2 Å². The van der Waals surface area contributed by atoms with Gasteiger partial charge in [0.15, 0.2) is 0 Å². The highest BCUT2D eigenvalue weighted by atomic mass is 19.1. The lowest BCUT2D eigenvalue weighted by Crippen LogP contribution is -2.41. The summed E-state index contributed by atoms with van der Waals surface area (Å²) in [6.45, 7) is 2.01. The fraction of sp³-hybridized carbons (Fsp3) is 0.375. The van der Waals surface area contributed by atoms with Gasteiger partial charge in [-0.05, 0) is 30.9 Å². The number of hydrogen-bond acceptors (Lipinski definition) is 2. The van der Waals surface area contributed by atoms with Crippen LogP contribution < -0.4 is 5.32 Å². The lowest BCUT2D eigenvalue weighted by atomic mass is 9.97. The van der Waals surface area contributed by atoms with Crippen molar-refractivity contribution >= 4 is 11.7 Å². The predicted molar refractivity (Wildman–Crippen MR) is 81.9 cm³/mol. The number of nitrogens with zero attached hydrogens (tertiary/aromatic N) is 3. The molecule has 1 aromatic heterocycles. The maximum Gasteiger partial charge on any atom is 0.322 e. The Morgan fingerprint density at radius 3 is 2.57 bits per heavy atom. The minimum Gasteiger partial charge on any atom is -0.337 e. The Bertz CT molecular complexity index is 646. The van der Waals surface area contributed by atoms with Crippen molar-refractivity contribution in [3.05, 3.63) is 48.6 Å². The van der Waals surface area contributed by atoms with Gasteiger partial charge >= 0.3 is 6.03 Å². The summed E-state index contributed by atoms with van der Waals surface area (Å²) in [6.07, 6.45) is 7.14. The van der Waals surface area contributed by atoms with Crippen molar-refractivity contribution in [3.63, 3.8) is 0 Å². The van der Waals surface area contributed by atoms with E-state index in [2.05, 4.69) is 10.3 Å². The molecule has 122 valence electrons. The lowest BCUT2D eigenvalue weighted by molar-refractivity contribution is 0.177. The molecule has 0 unspecified atom stereocenters. The number of carbonyl (C=O) groups is 1. The number of halogens is 2. The first-order valence-corrected chi connectivity index (χ1v) is 7.59. The fourth-order valence-electron chi connectivity index (χ4n) is 2.81. The van der Waals surface area contributed by atoms with Gasteiger partial charge in [-0.25, -0.2) is 18.6 Å². The van der Waals surface area contributed by atoms with Gasteiger partial charge in [0.2, 0.25) is 0 Å². The second-order valence-corrected chi connectivity index (χ2v) is 5.72. The first kappa shape index (κ1) is 15.5. The van der Waals surface area contributed by atoms with Crippen LogP contribution in [0.3, 0.4) is 0 Å². The number of carbonyl (C=O) groups excluding carboxylic acids is 1. The summed E-state index contributed by atoms with van der Waals surface area (Å²) in [5.41, 5.74) is -0.391. The average molecular weight is 320 g/mol. The molecular weight excluding hydrogens is 302 g/mol. The molecule has 1 N–H and O–H groups in total. The predicted octanol–water partition coefficient (Wildman–Crippen LogP) is 3.11. The molecule has 0 bridgehead atoms. The molecule has 1 saturated heterocycles. The van der Waals surface area contributed by atoms with Crippen LogP contribution in [0, 0.1) is 17.6 Å².